The Morgan fingerprint density at radius 3 is 0.800 bits per heavy atom. The number of carbonyl (C=O) groups is 7. The lowest BCUT2D eigenvalue weighted by molar-refractivity contribution is -0.155. The maximum Gasteiger partial charge on any atom is 0.320 e. The van der Waals surface area contributed by atoms with Crippen LogP contribution < -0.4 is 0 Å². The standard InChI is InChI=1S/C64H119N3O13/c1-8-12-16-20-24-28-32-36-40-58(68)77-52-56(53-78-59(69)41-37-33-29-25-21-17-13-9-2)50-62(72)75-48-46-67(64(74)66(7)45-44-65(5)6)47-49-76-63(73)51-57(54-79-60(70)42-38-34-30-26-22-18-14-10-3)55-80-61(71)43-39-35-31-27-23-19-15-11-4/h56-57H,8-55H2,1-7H3. The summed E-state index contributed by atoms with van der Waals surface area (Å²) < 4.78 is 33.7. The first-order valence-corrected chi connectivity index (χ1v) is 32.3. The third-order valence-electron chi connectivity index (χ3n) is 14.5. The smallest absolute Gasteiger partial charge is 0.320 e. The number of nitrogens with zero attached hydrogens (tertiary/aromatic N) is 3. The SMILES string of the molecule is CCCCCCCCCCC(=O)OCC(COC(=O)CCCCCCCCCC)CC(=O)OCCN(CCOC(=O)CC(COC(=O)CCCCCCCCCC)COC(=O)CCCCCCCCCC)C(=O)N(C)CCN(C)C. The van der Waals surface area contributed by atoms with Gasteiger partial charge in [-0.1, -0.05) is 207 Å². The number of ether oxygens (including phenoxy) is 6. The Morgan fingerprint density at radius 1 is 0.300 bits per heavy atom. The molecule has 0 unspecified atom stereocenters. The number of likely N-dealkylation sites (N-methyl/N-ethyl adjacent to an activating group) is 2. The number of carbonyl (C=O) groups excluding carboxylic acids is 7. The minimum absolute atomic E-state index is 0.00742. The van der Waals surface area contributed by atoms with Gasteiger partial charge < -0.3 is 43.1 Å². The lowest BCUT2D eigenvalue weighted by Crippen LogP contribution is -2.46. The Morgan fingerprint density at radius 2 is 0.550 bits per heavy atom. The molecule has 0 fully saturated rings. The van der Waals surface area contributed by atoms with E-state index in [1.807, 2.05) is 19.0 Å². The molecule has 0 atom stereocenters. The molecule has 0 aromatic carbocycles. The van der Waals surface area contributed by atoms with Gasteiger partial charge in [-0.25, -0.2) is 4.79 Å². The van der Waals surface area contributed by atoms with E-state index < -0.39 is 23.8 Å². The third kappa shape index (κ3) is 49.8. The molecule has 0 N–H and O–H groups in total. The number of rotatable bonds is 57. The van der Waals surface area contributed by atoms with Gasteiger partial charge in [-0.15, -0.1) is 0 Å². The van der Waals surface area contributed by atoms with Crippen molar-refractivity contribution < 1.29 is 62.0 Å². The Kier molecular flexibility index (Phi) is 52.8. The zero-order chi connectivity index (χ0) is 59.1. The maximum absolute atomic E-state index is 13.8. The van der Waals surface area contributed by atoms with E-state index in [1.54, 1.807) is 11.9 Å². The Balaban J connectivity index is 5.65. The molecule has 0 heterocycles. The first-order valence-electron chi connectivity index (χ1n) is 32.3. The molecule has 80 heavy (non-hydrogen) atoms. The van der Waals surface area contributed by atoms with Crippen LogP contribution in [0.4, 0.5) is 4.79 Å². The van der Waals surface area contributed by atoms with Crippen LogP contribution in [0.25, 0.3) is 0 Å². The number of esters is 6. The topological polar surface area (TPSA) is 185 Å². The highest BCUT2D eigenvalue weighted by molar-refractivity contribution is 5.75. The predicted molar refractivity (Wildman–Crippen MR) is 319 cm³/mol. The summed E-state index contributed by atoms with van der Waals surface area (Å²) in [7, 11) is 5.48. The molecule has 16 heteroatoms. The van der Waals surface area contributed by atoms with Crippen LogP contribution in [0.1, 0.15) is 272 Å². The van der Waals surface area contributed by atoms with E-state index in [0.29, 0.717) is 13.1 Å². The molecule has 0 aromatic heterocycles. The van der Waals surface area contributed by atoms with Gasteiger partial charge in [0.05, 0.1) is 52.4 Å². The molecule has 16 nitrogen and oxygen atoms in total. The van der Waals surface area contributed by atoms with E-state index in [1.165, 1.54) is 108 Å². The van der Waals surface area contributed by atoms with Crippen molar-refractivity contribution in [3.63, 3.8) is 0 Å². The molecule has 0 saturated carbocycles. The monoisotopic (exact) mass is 1140 g/mol. The van der Waals surface area contributed by atoms with Crippen LogP contribution in [0.5, 0.6) is 0 Å². The van der Waals surface area contributed by atoms with Crippen molar-refractivity contribution in [1.29, 1.82) is 0 Å². The maximum atomic E-state index is 13.8. The second-order valence-corrected chi connectivity index (χ2v) is 22.7. The van der Waals surface area contributed by atoms with Crippen LogP contribution in [-0.2, 0) is 57.2 Å². The minimum Gasteiger partial charge on any atom is -0.465 e. The van der Waals surface area contributed by atoms with E-state index in [9.17, 15) is 33.6 Å². The van der Waals surface area contributed by atoms with Crippen LogP contribution in [-0.4, -0.2) is 144 Å². The normalized spacial score (nSPS) is 11.3. The molecule has 0 aliphatic rings. The van der Waals surface area contributed by atoms with Gasteiger partial charge in [0.15, 0.2) is 0 Å². The van der Waals surface area contributed by atoms with Gasteiger partial charge in [0.1, 0.15) is 13.2 Å². The average molecular weight is 1140 g/mol. The number of hydrogen-bond acceptors (Lipinski definition) is 14. The Hall–Kier alpha value is -3.95. The number of hydrogen-bond donors (Lipinski definition) is 0. The lowest BCUT2D eigenvalue weighted by Gasteiger charge is -2.29. The molecular formula is C64H119N3O13. The van der Waals surface area contributed by atoms with Crippen LogP contribution in [0.3, 0.4) is 0 Å². The number of amides is 2. The fraction of sp³-hybridized carbons (Fsp3) is 0.891. The molecular weight excluding hydrogens is 1020 g/mol. The van der Waals surface area contributed by atoms with Crippen molar-refractivity contribution in [2.24, 2.45) is 11.8 Å². The lowest BCUT2D eigenvalue weighted by atomic mass is 10.1. The molecule has 0 radical (unpaired) electrons. The fourth-order valence-corrected chi connectivity index (χ4v) is 9.20. The quantitative estimate of drug-likeness (QED) is 0.0318. The molecule has 2 amide bonds. The summed E-state index contributed by atoms with van der Waals surface area (Å²) >= 11 is 0. The number of unbranched alkanes of at least 4 members (excludes halogenated alkanes) is 28. The zero-order valence-electron chi connectivity index (χ0n) is 52.2. The van der Waals surface area contributed by atoms with Gasteiger partial charge >= 0.3 is 41.8 Å². The average Bonchev–Trinajstić information content (AvgIpc) is 3.43. The molecule has 468 valence electrons. The van der Waals surface area contributed by atoms with Gasteiger partial charge in [0, 0.05) is 57.7 Å². The summed E-state index contributed by atoms with van der Waals surface area (Å²) in [6.07, 6.45) is 35.8. The van der Waals surface area contributed by atoms with E-state index in [2.05, 4.69) is 27.7 Å². The highest BCUT2D eigenvalue weighted by Gasteiger charge is 2.24. The third-order valence-corrected chi connectivity index (χ3v) is 14.5. The van der Waals surface area contributed by atoms with Gasteiger partial charge in [-0.2, -0.15) is 0 Å². The largest absolute Gasteiger partial charge is 0.465 e. The Labute approximate surface area is 487 Å². The molecule has 0 rings (SSSR count). The molecule has 0 aliphatic carbocycles. The predicted octanol–water partition coefficient (Wildman–Crippen LogP) is 14.3. The summed E-state index contributed by atoms with van der Waals surface area (Å²) in [5, 5.41) is 0. The highest BCUT2D eigenvalue weighted by Crippen LogP contribution is 2.17. The second-order valence-electron chi connectivity index (χ2n) is 22.7. The van der Waals surface area contributed by atoms with Crippen molar-refractivity contribution in [3.05, 3.63) is 0 Å². The summed E-state index contributed by atoms with van der Waals surface area (Å²) in [5.41, 5.74) is 0. The van der Waals surface area contributed by atoms with Crippen LogP contribution >= 0.6 is 0 Å². The summed E-state index contributed by atoms with van der Waals surface area (Å²) in [6.45, 7) is 9.03. The van der Waals surface area contributed by atoms with Gasteiger partial charge in [0.25, 0.3) is 0 Å². The molecule has 0 bridgehead atoms. The van der Waals surface area contributed by atoms with Gasteiger partial charge in [0.2, 0.25) is 0 Å². The van der Waals surface area contributed by atoms with Crippen molar-refractivity contribution in [2.45, 2.75) is 272 Å². The highest BCUT2D eigenvalue weighted by atomic mass is 16.6. The van der Waals surface area contributed by atoms with Crippen molar-refractivity contribution in [1.82, 2.24) is 14.7 Å². The van der Waals surface area contributed by atoms with Crippen LogP contribution in [0.2, 0.25) is 0 Å². The van der Waals surface area contributed by atoms with E-state index in [-0.39, 0.29) is 121 Å². The van der Waals surface area contributed by atoms with Crippen LogP contribution in [0.15, 0.2) is 0 Å². The first kappa shape index (κ1) is 76.0. The molecule has 0 spiro atoms. The zero-order valence-corrected chi connectivity index (χ0v) is 52.2. The molecule has 0 aromatic rings. The summed E-state index contributed by atoms with van der Waals surface area (Å²) in [5.74, 6) is -3.88. The van der Waals surface area contributed by atoms with Gasteiger partial charge in [-0.3, -0.25) is 28.8 Å². The van der Waals surface area contributed by atoms with E-state index in [0.717, 1.165) is 103 Å². The minimum atomic E-state index is -0.623. The first-order chi connectivity index (χ1) is 38.8. The van der Waals surface area contributed by atoms with Crippen LogP contribution in [0, 0.1) is 11.8 Å². The second kappa shape index (κ2) is 55.6. The Bertz CT molecular complexity index is 1380. The summed E-state index contributed by atoms with van der Waals surface area (Å²) in [6, 6.07) is -0.353. The van der Waals surface area contributed by atoms with Gasteiger partial charge in [-0.05, 0) is 39.8 Å². The molecule has 0 aliphatic heterocycles. The summed E-state index contributed by atoms with van der Waals surface area (Å²) in [4.78, 5) is 96.5. The fourth-order valence-electron chi connectivity index (χ4n) is 9.20. The molecule has 0 saturated heterocycles. The van der Waals surface area contributed by atoms with E-state index >= 15 is 0 Å². The number of urea groups is 1. The van der Waals surface area contributed by atoms with Crippen molar-refractivity contribution >= 4 is 41.8 Å². The van der Waals surface area contributed by atoms with E-state index in [4.69, 9.17) is 28.4 Å². The van der Waals surface area contributed by atoms with Crippen molar-refractivity contribution in [2.75, 3.05) is 87.0 Å². The van der Waals surface area contributed by atoms with Crippen molar-refractivity contribution in [3.8, 4) is 0 Å².